The highest BCUT2D eigenvalue weighted by Gasteiger charge is 2.23. The van der Waals surface area contributed by atoms with Crippen molar-refractivity contribution in [3.05, 3.63) is 34.9 Å². The zero-order valence-corrected chi connectivity index (χ0v) is 12.5. The molecule has 1 unspecified atom stereocenters. The van der Waals surface area contributed by atoms with Crippen molar-refractivity contribution in [1.29, 1.82) is 0 Å². The molecular weight excluding hydrogens is 238 g/mol. The van der Waals surface area contributed by atoms with Crippen LogP contribution < -0.4 is 5.32 Å². The maximum atomic E-state index is 9.24. The molecule has 0 radical (unpaired) electrons. The Labute approximate surface area is 116 Å². The minimum absolute atomic E-state index is 0.000654. The zero-order chi connectivity index (χ0) is 14.5. The molecule has 108 valence electrons. The van der Waals surface area contributed by atoms with Crippen molar-refractivity contribution < 1.29 is 10.2 Å². The van der Waals surface area contributed by atoms with Crippen molar-refractivity contribution in [2.45, 2.75) is 45.6 Å². The Kier molecular flexibility index (Phi) is 5.98. The zero-order valence-electron chi connectivity index (χ0n) is 12.5. The van der Waals surface area contributed by atoms with Gasteiger partial charge in [-0.1, -0.05) is 37.6 Å². The van der Waals surface area contributed by atoms with Gasteiger partial charge in [0.25, 0.3) is 0 Å². The molecule has 0 saturated carbocycles. The number of hydrogen-bond acceptors (Lipinski definition) is 3. The van der Waals surface area contributed by atoms with E-state index in [4.69, 9.17) is 5.11 Å². The van der Waals surface area contributed by atoms with E-state index in [0.29, 0.717) is 6.42 Å². The Morgan fingerprint density at radius 3 is 2.42 bits per heavy atom. The lowest BCUT2D eigenvalue weighted by Crippen LogP contribution is -2.41. The first-order valence-corrected chi connectivity index (χ1v) is 6.93. The molecule has 0 aromatic heterocycles. The highest BCUT2D eigenvalue weighted by atomic mass is 16.3. The molecule has 3 N–H and O–H groups in total. The second-order valence-corrected chi connectivity index (χ2v) is 5.97. The van der Waals surface area contributed by atoms with E-state index in [1.54, 1.807) is 0 Å². The van der Waals surface area contributed by atoms with E-state index >= 15 is 0 Å². The van der Waals surface area contributed by atoms with E-state index < -0.39 is 0 Å². The van der Waals surface area contributed by atoms with Crippen LogP contribution in [0.5, 0.6) is 0 Å². The van der Waals surface area contributed by atoms with Crippen LogP contribution in [0.2, 0.25) is 0 Å². The van der Waals surface area contributed by atoms with Crippen LogP contribution in [-0.2, 0) is 5.41 Å². The quantitative estimate of drug-likeness (QED) is 0.706. The van der Waals surface area contributed by atoms with Crippen molar-refractivity contribution in [3.8, 4) is 0 Å². The molecule has 3 nitrogen and oxygen atoms in total. The molecule has 0 heterocycles. The SMILES string of the molecule is Cc1ccc(C(C)(C)CNC(CO)CCO)c(C)c1. The van der Waals surface area contributed by atoms with Gasteiger partial charge in [-0.15, -0.1) is 0 Å². The number of aliphatic hydroxyl groups is 2. The van der Waals surface area contributed by atoms with E-state index in [0.717, 1.165) is 6.54 Å². The highest BCUT2D eigenvalue weighted by molar-refractivity contribution is 5.35. The summed E-state index contributed by atoms with van der Waals surface area (Å²) < 4.78 is 0. The molecule has 0 amide bonds. The van der Waals surface area contributed by atoms with E-state index in [2.05, 4.69) is 51.2 Å². The van der Waals surface area contributed by atoms with Crippen molar-refractivity contribution in [3.63, 3.8) is 0 Å². The molecule has 1 aromatic rings. The fourth-order valence-electron chi connectivity index (χ4n) is 2.48. The molecule has 1 rings (SSSR count). The summed E-state index contributed by atoms with van der Waals surface area (Å²) in [5, 5.41) is 21.5. The predicted molar refractivity (Wildman–Crippen MR) is 79.5 cm³/mol. The van der Waals surface area contributed by atoms with Crippen molar-refractivity contribution >= 4 is 0 Å². The first kappa shape index (κ1) is 16.2. The fourth-order valence-corrected chi connectivity index (χ4v) is 2.48. The van der Waals surface area contributed by atoms with Crippen LogP contribution in [0.15, 0.2) is 18.2 Å². The van der Waals surface area contributed by atoms with Crippen LogP contribution in [0.1, 0.15) is 37.0 Å². The molecule has 0 fully saturated rings. The molecule has 0 bridgehead atoms. The van der Waals surface area contributed by atoms with Gasteiger partial charge in [-0.05, 0) is 31.4 Å². The number of rotatable bonds is 7. The van der Waals surface area contributed by atoms with Crippen LogP contribution in [0.4, 0.5) is 0 Å². The topological polar surface area (TPSA) is 52.5 Å². The fraction of sp³-hybridized carbons (Fsp3) is 0.625. The molecule has 0 spiro atoms. The number of nitrogens with one attached hydrogen (secondary N) is 1. The van der Waals surface area contributed by atoms with E-state index in [-0.39, 0.29) is 24.7 Å². The van der Waals surface area contributed by atoms with Gasteiger partial charge in [0.2, 0.25) is 0 Å². The summed E-state index contributed by atoms with van der Waals surface area (Å²) in [6.45, 7) is 9.58. The van der Waals surface area contributed by atoms with Crippen LogP contribution in [0.3, 0.4) is 0 Å². The third-order valence-electron chi connectivity index (χ3n) is 3.64. The second-order valence-electron chi connectivity index (χ2n) is 5.97. The molecule has 0 aliphatic carbocycles. The van der Waals surface area contributed by atoms with Gasteiger partial charge >= 0.3 is 0 Å². The maximum absolute atomic E-state index is 9.24. The van der Waals surface area contributed by atoms with Gasteiger partial charge in [-0.3, -0.25) is 0 Å². The Hall–Kier alpha value is -0.900. The summed E-state index contributed by atoms with van der Waals surface area (Å²) in [7, 11) is 0. The number of benzene rings is 1. The Bertz CT molecular complexity index is 402. The van der Waals surface area contributed by atoms with Crippen LogP contribution in [0, 0.1) is 13.8 Å². The number of aliphatic hydroxyl groups excluding tert-OH is 2. The summed E-state index contributed by atoms with van der Waals surface area (Å²) in [6.07, 6.45) is 0.583. The van der Waals surface area contributed by atoms with Gasteiger partial charge in [0.05, 0.1) is 6.61 Å². The summed E-state index contributed by atoms with van der Waals surface area (Å²) in [5.74, 6) is 0. The molecule has 0 aliphatic heterocycles. The van der Waals surface area contributed by atoms with Crippen LogP contribution >= 0.6 is 0 Å². The minimum Gasteiger partial charge on any atom is -0.396 e. The van der Waals surface area contributed by atoms with Gasteiger partial charge in [0.15, 0.2) is 0 Å². The summed E-state index contributed by atoms with van der Waals surface area (Å²) in [5.41, 5.74) is 3.90. The predicted octanol–water partition coefficient (Wildman–Crippen LogP) is 1.91. The van der Waals surface area contributed by atoms with Gasteiger partial charge < -0.3 is 15.5 Å². The van der Waals surface area contributed by atoms with Crippen LogP contribution in [0.25, 0.3) is 0 Å². The number of aryl methyl sites for hydroxylation is 2. The average Bonchev–Trinajstić information content (AvgIpc) is 2.34. The summed E-state index contributed by atoms with van der Waals surface area (Å²) in [4.78, 5) is 0. The third kappa shape index (κ3) is 4.60. The second kappa shape index (κ2) is 7.04. The maximum Gasteiger partial charge on any atom is 0.0585 e. The minimum atomic E-state index is -0.0324. The summed E-state index contributed by atoms with van der Waals surface area (Å²) >= 11 is 0. The standard InChI is InChI=1S/C16H27NO2/c1-12-5-6-15(13(2)9-12)16(3,4)11-17-14(10-19)7-8-18/h5-6,9,14,17-19H,7-8,10-11H2,1-4H3. The molecule has 1 aromatic carbocycles. The first-order valence-electron chi connectivity index (χ1n) is 6.93. The smallest absolute Gasteiger partial charge is 0.0585 e. The molecule has 1 atom stereocenters. The monoisotopic (exact) mass is 265 g/mol. The number of hydrogen-bond donors (Lipinski definition) is 3. The largest absolute Gasteiger partial charge is 0.396 e. The molecular formula is C16H27NO2. The molecule has 19 heavy (non-hydrogen) atoms. The lowest BCUT2D eigenvalue weighted by atomic mass is 9.81. The lowest BCUT2D eigenvalue weighted by Gasteiger charge is -2.30. The first-order chi connectivity index (χ1) is 8.90. The van der Waals surface area contributed by atoms with E-state index in [9.17, 15) is 5.11 Å². The van der Waals surface area contributed by atoms with Gasteiger partial charge in [0.1, 0.15) is 0 Å². The average molecular weight is 265 g/mol. The molecule has 0 saturated heterocycles. The van der Waals surface area contributed by atoms with Gasteiger partial charge in [-0.2, -0.15) is 0 Å². The Morgan fingerprint density at radius 1 is 1.21 bits per heavy atom. The molecule has 0 aliphatic rings. The van der Waals surface area contributed by atoms with Crippen molar-refractivity contribution in [2.24, 2.45) is 0 Å². The third-order valence-corrected chi connectivity index (χ3v) is 3.64. The van der Waals surface area contributed by atoms with Crippen LogP contribution in [-0.4, -0.2) is 36.0 Å². The Balaban J connectivity index is 2.74. The van der Waals surface area contributed by atoms with Gasteiger partial charge in [0, 0.05) is 24.6 Å². The Morgan fingerprint density at radius 2 is 1.89 bits per heavy atom. The lowest BCUT2D eigenvalue weighted by molar-refractivity contribution is 0.195. The normalized spacial score (nSPS) is 13.6. The summed E-state index contributed by atoms with van der Waals surface area (Å²) in [6, 6.07) is 6.50. The molecule has 3 heteroatoms. The van der Waals surface area contributed by atoms with E-state index in [1.807, 2.05) is 0 Å². The van der Waals surface area contributed by atoms with Crippen molar-refractivity contribution in [2.75, 3.05) is 19.8 Å². The van der Waals surface area contributed by atoms with Gasteiger partial charge in [-0.25, -0.2) is 0 Å². The highest BCUT2D eigenvalue weighted by Crippen LogP contribution is 2.26. The van der Waals surface area contributed by atoms with Crippen molar-refractivity contribution in [1.82, 2.24) is 5.32 Å². The van der Waals surface area contributed by atoms with E-state index in [1.165, 1.54) is 16.7 Å².